The average molecular weight is 308 g/mol. The zero-order valence-corrected chi connectivity index (χ0v) is 12.9. The molecule has 0 bridgehead atoms. The number of hydrogen-bond acceptors (Lipinski definition) is 5. The first-order valence-corrected chi connectivity index (χ1v) is 8.04. The summed E-state index contributed by atoms with van der Waals surface area (Å²) >= 11 is 1.43. The van der Waals surface area contributed by atoms with Crippen LogP contribution in [-0.4, -0.2) is 24.0 Å². The van der Waals surface area contributed by atoms with Gasteiger partial charge in [-0.05, 0) is 32.1 Å². The number of aromatic nitrogens is 1. The Kier molecular flexibility index (Phi) is 5.92. The number of methoxy groups -OCH3 is 1. The van der Waals surface area contributed by atoms with Gasteiger partial charge in [-0.1, -0.05) is 12.2 Å². The van der Waals surface area contributed by atoms with E-state index in [4.69, 9.17) is 0 Å². The molecule has 1 aromatic heterocycles. The molecule has 114 valence electrons. The van der Waals surface area contributed by atoms with E-state index in [0.717, 1.165) is 25.0 Å². The number of carbonyl (C=O) groups is 2. The predicted molar refractivity (Wildman–Crippen MR) is 82.2 cm³/mol. The van der Waals surface area contributed by atoms with E-state index in [0.29, 0.717) is 24.4 Å². The standard InChI is InChI=1S/C15H20N2O3S/c1-20-13(18)9-5-8-12-10-21-15(16-12)17-14(19)11-6-3-2-4-7-11/h2-3,10-11H,4-9H2,1H3,(H,16,17,19). The maximum atomic E-state index is 12.1. The van der Waals surface area contributed by atoms with Crippen molar-refractivity contribution in [1.82, 2.24) is 4.98 Å². The molecule has 0 radical (unpaired) electrons. The first-order valence-electron chi connectivity index (χ1n) is 7.16. The molecule has 1 atom stereocenters. The van der Waals surface area contributed by atoms with Gasteiger partial charge in [0, 0.05) is 17.7 Å². The van der Waals surface area contributed by atoms with Crippen molar-refractivity contribution in [1.29, 1.82) is 0 Å². The number of nitrogens with one attached hydrogen (secondary N) is 1. The zero-order chi connectivity index (χ0) is 15.1. The van der Waals surface area contributed by atoms with Crippen LogP contribution in [0, 0.1) is 5.92 Å². The maximum absolute atomic E-state index is 12.1. The fourth-order valence-electron chi connectivity index (χ4n) is 2.23. The lowest BCUT2D eigenvalue weighted by Gasteiger charge is -2.15. The van der Waals surface area contributed by atoms with Crippen molar-refractivity contribution in [2.24, 2.45) is 5.92 Å². The van der Waals surface area contributed by atoms with Crippen LogP contribution in [0.5, 0.6) is 0 Å². The second-order valence-electron chi connectivity index (χ2n) is 5.04. The largest absolute Gasteiger partial charge is 0.469 e. The summed E-state index contributed by atoms with van der Waals surface area (Å²) in [5, 5.41) is 5.45. The van der Waals surface area contributed by atoms with Gasteiger partial charge in [-0.25, -0.2) is 4.98 Å². The molecule has 21 heavy (non-hydrogen) atoms. The highest BCUT2D eigenvalue weighted by Crippen LogP contribution is 2.22. The Bertz CT molecular complexity index is 525. The SMILES string of the molecule is COC(=O)CCCc1csc(NC(=O)C2CC=CCC2)n1. The van der Waals surface area contributed by atoms with Crippen molar-refractivity contribution in [3.63, 3.8) is 0 Å². The number of anilines is 1. The summed E-state index contributed by atoms with van der Waals surface area (Å²) in [7, 11) is 1.39. The summed E-state index contributed by atoms with van der Waals surface area (Å²) < 4.78 is 4.59. The number of amides is 1. The van der Waals surface area contributed by atoms with Crippen LogP contribution < -0.4 is 5.32 Å². The monoisotopic (exact) mass is 308 g/mol. The van der Waals surface area contributed by atoms with Gasteiger partial charge in [0.25, 0.3) is 0 Å². The summed E-state index contributed by atoms with van der Waals surface area (Å²) in [5.41, 5.74) is 0.905. The molecule has 0 saturated heterocycles. The quantitative estimate of drug-likeness (QED) is 0.648. The van der Waals surface area contributed by atoms with E-state index < -0.39 is 0 Å². The first-order chi connectivity index (χ1) is 10.2. The topological polar surface area (TPSA) is 68.3 Å². The summed E-state index contributed by atoms with van der Waals surface area (Å²) in [6, 6.07) is 0. The summed E-state index contributed by atoms with van der Waals surface area (Å²) in [6.45, 7) is 0. The van der Waals surface area contributed by atoms with E-state index in [1.165, 1.54) is 18.4 Å². The molecule has 6 heteroatoms. The van der Waals surface area contributed by atoms with Gasteiger partial charge in [0.05, 0.1) is 12.8 Å². The third-order valence-electron chi connectivity index (χ3n) is 3.46. The average Bonchev–Trinajstić information content (AvgIpc) is 2.95. The minimum absolute atomic E-state index is 0.0508. The Morgan fingerprint density at radius 2 is 2.33 bits per heavy atom. The van der Waals surface area contributed by atoms with Gasteiger partial charge in [-0.3, -0.25) is 9.59 Å². The van der Waals surface area contributed by atoms with Crippen LogP contribution in [0.1, 0.15) is 37.8 Å². The van der Waals surface area contributed by atoms with Gasteiger partial charge in [0.1, 0.15) is 0 Å². The fourth-order valence-corrected chi connectivity index (χ4v) is 2.98. The second kappa shape index (κ2) is 7.93. The number of ether oxygens (including phenoxy) is 1. The molecule has 1 unspecified atom stereocenters. The van der Waals surface area contributed by atoms with Crippen LogP contribution >= 0.6 is 11.3 Å². The van der Waals surface area contributed by atoms with E-state index in [1.54, 1.807) is 0 Å². The Labute approximate surface area is 128 Å². The Balaban J connectivity index is 1.78. The molecule has 1 amide bonds. The Hall–Kier alpha value is -1.69. The molecule has 0 fully saturated rings. The molecule has 0 aromatic carbocycles. The molecule has 1 aliphatic rings. The number of nitrogens with zero attached hydrogens (tertiary/aromatic N) is 1. The molecule has 0 saturated carbocycles. The number of aryl methyl sites for hydroxylation is 1. The molecule has 1 aliphatic carbocycles. The van der Waals surface area contributed by atoms with Gasteiger partial charge in [0.15, 0.2) is 5.13 Å². The van der Waals surface area contributed by atoms with Crippen molar-refractivity contribution in [2.75, 3.05) is 12.4 Å². The van der Waals surface area contributed by atoms with Crippen molar-refractivity contribution in [3.05, 3.63) is 23.2 Å². The van der Waals surface area contributed by atoms with Gasteiger partial charge in [-0.15, -0.1) is 11.3 Å². The molecule has 1 heterocycles. The molecular weight excluding hydrogens is 288 g/mol. The normalized spacial score (nSPS) is 17.5. The Morgan fingerprint density at radius 3 is 3.05 bits per heavy atom. The van der Waals surface area contributed by atoms with Crippen LogP contribution in [0.25, 0.3) is 0 Å². The van der Waals surface area contributed by atoms with Crippen molar-refractivity contribution in [3.8, 4) is 0 Å². The molecule has 0 spiro atoms. The van der Waals surface area contributed by atoms with Crippen LogP contribution in [-0.2, 0) is 20.7 Å². The third kappa shape index (κ3) is 4.97. The van der Waals surface area contributed by atoms with Crippen LogP contribution in [0.3, 0.4) is 0 Å². The summed E-state index contributed by atoms with van der Waals surface area (Å²) in [6.07, 6.45) is 8.67. The van der Waals surface area contributed by atoms with E-state index in [-0.39, 0.29) is 17.8 Å². The number of allylic oxidation sites excluding steroid dienone is 2. The minimum atomic E-state index is -0.205. The van der Waals surface area contributed by atoms with Gasteiger partial charge in [-0.2, -0.15) is 0 Å². The number of thiazole rings is 1. The summed E-state index contributed by atoms with van der Waals surface area (Å²) in [4.78, 5) is 27.5. The highest BCUT2D eigenvalue weighted by Gasteiger charge is 2.19. The lowest BCUT2D eigenvalue weighted by molar-refractivity contribution is -0.140. The van der Waals surface area contributed by atoms with Crippen molar-refractivity contribution < 1.29 is 14.3 Å². The van der Waals surface area contributed by atoms with E-state index in [1.807, 2.05) is 5.38 Å². The highest BCUT2D eigenvalue weighted by molar-refractivity contribution is 7.13. The minimum Gasteiger partial charge on any atom is -0.469 e. The molecule has 0 aliphatic heterocycles. The van der Waals surface area contributed by atoms with Crippen LogP contribution in [0.15, 0.2) is 17.5 Å². The molecule has 2 rings (SSSR count). The molecular formula is C15H20N2O3S. The van der Waals surface area contributed by atoms with Gasteiger partial charge < -0.3 is 10.1 Å². The van der Waals surface area contributed by atoms with E-state index in [2.05, 4.69) is 27.2 Å². The fraction of sp³-hybridized carbons (Fsp3) is 0.533. The lowest BCUT2D eigenvalue weighted by atomic mass is 9.94. The van der Waals surface area contributed by atoms with E-state index in [9.17, 15) is 9.59 Å². The first kappa shape index (κ1) is 15.7. The van der Waals surface area contributed by atoms with E-state index >= 15 is 0 Å². The van der Waals surface area contributed by atoms with Crippen LogP contribution in [0.2, 0.25) is 0 Å². The maximum Gasteiger partial charge on any atom is 0.305 e. The van der Waals surface area contributed by atoms with Gasteiger partial charge >= 0.3 is 5.97 Å². The molecule has 1 N–H and O–H groups in total. The smallest absolute Gasteiger partial charge is 0.305 e. The summed E-state index contributed by atoms with van der Waals surface area (Å²) in [5.74, 6) is -0.0967. The number of hydrogen-bond donors (Lipinski definition) is 1. The van der Waals surface area contributed by atoms with Crippen molar-refractivity contribution >= 4 is 28.3 Å². The second-order valence-corrected chi connectivity index (χ2v) is 5.90. The van der Waals surface area contributed by atoms with Crippen LogP contribution in [0.4, 0.5) is 5.13 Å². The third-order valence-corrected chi connectivity index (χ3v) is 4.27. The molecule has 1 aromatic rings. The molecule has 5 nitrogen and oxygen atoms in total. The van der Waals surface area contributed by atoms with Gasteiger partial charge in [0.2, 0.25) is 5.91 Å². The van der Waals surface area contributed by atoms with Crippen molar-refractivity contribution in [2.45, 2.75) is 38.5 Å². The highest BCUT2D eigenvalue weighted by atomic mass is 32.1. The zero-order valence-electron chi connectivity index (χ0n) is 12.1. The predicted octanol–water partition coefficient (Wildman–Crippen LogP) is 2.93. The number of rotatable bonds is 6. The number of esters is 1. The Morgan fingerprint density at radius 1 is 1.48 bits per heavy atom. The lowest BCUT2D eigenvalue weighted by Crippen LogP contribution is -2.23. The number of carbonyl (C=O) groups excluding carboxylic acids is 2.